The molecule has 68 valence electrons. The van der Waals surface area contributed by atoms with E-state index in [-0.39, 0.29) is 5.56 Å². The SMILES string of the molecule is O=[N+]([O-])C=Cc1ccc(Br)cc1F. The van der Waals surface area contributed by atoms with Crippen LogP contribution in [0.1, 0.15) is 5.56 Å². The van der Waals surface area contributed by atoms with Crippen molar-refractivity contribution in [3.63, 3.8) is 0 Å². The van der Waals surface area contributed by atoms with Gasteiger partial charge in [-0.15, -0.1) is 0 Å². The number of rotatable bonds is 2. The van der Waals surface area contributed by atoms with Crippen LogP contribution in [0, 0.1) is 15.9 Å². The zero-order valence-electron chi connectivity index (χ0n) is 6.41. The highest BCUT2D eigenvalue weighted by molar-refractivity contribution is 9.10. The van der Waals surface area contributed by atoms with Crippen molar-refractivity contribution in [2.24, 2.45) is 0 Å². The predicted molar refractivity (Wildman–Crippen MR) is 50.1 cm³/mol. The van der Waals surface area contributed by atoms with E-state index in [0.29, 0.717) is 10.7 Å². The second-order valence-electron chi connectivity index (χ2n) is 2.27. The molecule has 0 unspecified atom stereocenters. The summed E-state index contributed by atoms with van der Waals surface area (Å²) < 4.78 is 13.6. The lowest BCUT2D eigenvalue weighted by atomic mass is 10.2. The molecule has 0 fully saturated rings. The van der Waals surface area contributed by atoms with Crippen molar-refractivity contribution in [3.8, 4) is 0 Å². The van der Waals surface area contributed by atoms with E-state index in [1.165, 1.54) is 12.1 Å². The van der Waals surface area contributed by atoms with Crippen molar-refractivity contribution < 1.29 is 9.31 Å². The molecule has 0 heterocycles. The monoisotopic (exact) mass is 245 g/mol. The molecule has 0 bridgehead atoms. The van der Waals surface area contributed by atoms with E-state index in [4.69, 9.17) is 0 Å². The van der Waals surface area contributed by atoms with Gasteiger partial charge in [-0.1, -0.05) is 22.0 Å². The van der Waals surface area contributed by atoms with Crippen LogP contribution < -0.4 is 0 Å². The van der Waals surface area contributed by atoms with Crippen LogP contribution in [-0.4, -0.2) is 4.92 Å². The van der Waals surface area contributed by atoms with Crippen LogP contribution >= 0.6 is 15.9 Å². The Morgan fingerprint density at radius 3 is 2.77 bits per heavy atom. The fraction of sp³-hybridized carbons (Fsp3) is 0. The van der Waals surface area contributed by atoms with E-state index in [9.17, 15) is 14.5 Å². The Kier molecular flexibility index (Phi) is 3.13. The lowest BCUT2D eigenvalue weighted by Crippen LogP contribution is -1.85. The van der Waals surface area contributed by atoms with Crippen LogP contribution in [0.2, 0.25) is 0 Å². The fourth-order valence-electron chi connectivity index (χ4n) is 0.778. The van der Waals surface area contributed by atoms with Gasteiger partial charge in [-0.3, -0.25) is 10.1 Å². The van der Waals surface area contributed by atoms with Crippen molar-refractivity contribution >= 4 is 22.0 Å². The Morgan fingerprint density at radius 2 is 2.23 bits per heavy atom. The van der Waals surface area contributed by atoms with E-state index in [0.717, 1.165) is 6.08 Å². The molecular weight excluding hydrogens is 241 g/mol. The number of nitrogens with zero attached hydrogens (tertiary/aromatic N) is 1. The van der Waals surface area contributed by atoms with Gasteiger partial charge in [-0.2, -0.15) is 0 Å². The molecule has 0 saturated carbocycles. The maximum atomic E-state index is 13.0. The van der Waals surface area contributed by atoms with E-state index < -0.39 is 10.7 Å². The molecule has 0 saturated heterocycles. The molecule has 0 atom stereocenters. The van der Waals surface area contributed by atoms with Gasteiger partial charge in [-0.25, -0.2) is 4.39 Å². The third kappa shape index (κ3) is 2.95. The molecule has 0 amide bonds. The van der Waals surface area contributed by atoms with Crippen LogP contribution in [-0.2, 0) is 0 Å². The van der Waals surface area contributed by atoms with Crippen LogP contribution in [0.15, 0.2) is 28.9 Å². The highest BCUT2D eigenvalue weighted by Gasteiger charge is 1.99. The summed E-state index contributed by atoms with van der Waals surface area (Å²) in [4.78, 5) is 9.30. The first-order valence-corrected chi connectivity index (χ1v) is 4.15. The van der Waals surface area contributed by atoms with Crippen LogP contribution in [0.5, 0.6) is 0 Å². The summed E-state index contributed by atoms with van der Waals surface area (Å²) in [5.74, 6) is -0.493. The van der Waals surface area contributed by atoms with Crippen LogP contribution in [0.4, 0.5) is 4.39 Å². The molecule has 1 rings (SSSR count). The molecule has 13 heavy (non-hydrogen) atoms. The average Bonchev–Trinajstić information content (AvgIpc) is 2.02. The normalized spacial score (nSPS) is 10.6. The van der Waals surface area contributed by atoms with Gasteiger partial charge in [0, 0.05) is 16.1 Å². The Morgan fingerprint density at radius 1 is 1.54 bits per heavy atom. The Hall–Kier alpha value is -1.23. The molecule has 0 N–H and O–H groups in total. The molecule has 1 aromatic carbocycles. The standard InChI is InChI=1S/C8H5BrFNO2/c9-7-2-1-6(8(10)5-7)3-4-11(12)13/h1-5H. The van der Waals surface area contributed by atoms with Gasteiger partial charge in [0.05, 0.1) is 4.92 Å². The summed E-state index contributed by atoms with van der Waals surface area (Å²) in [6.45, 7) is 0. The van der Waals surface area contributed by atoms with Crippen molar-refractivity contribution in [1.82, 2.24) is 0 Å². The van der Waals surface area contributed by atoms with E-state index in [2.05, 4.69) is 15.9 Å². The summed E-state index contributed by atoms with van der Waals surface area (Å²) in [5.41, 5.74) is 0.194. The van der Waals surface area contributed by atoms with Gasteiger partial charge in [0.15, 0.2) is 0 Å². The lowest BCUT2D eigenvalue weighted by Gasteiger charge is -1.95. The predicted octanol–water partition coefficient (Wildman–Crippen LogP) is 2.84. The van der Waals surface area contributed by atoms with Crippen molar-refractivity contribution in [2.75, 3.05) is 0 Å². The second kappa shape index (κ2) is 4.13. The van der Waals surface area contributed by atoms with Crippen LogP contribution in [0.3, 0.4) is 0 Å². The quantitative estimate of drug-likeness (QED) is 0.594. The highest BCUT2D eigenvalue weighted by atomic mass is 79.9. The third-order valence-corrected chi connectivity index (χ3v) is 1.83. The van der Waals surface area contributed by atoms with Crippen LogP contribution in [0.25, 0.3) is 6.08 Å². The summed E-state index contributed by atoms with van der Waals surface area (Å²) >= 11 is 3.08. The molecule has 3 nitrogen and oxygen atoms in total. The third-order valence-electron chi connectivity index (χ3n) is 1.34. The number of nitro groups is 1. The first-order chi connectivity index (χ1) is 6.09. The van der Waals surface area contributed by atoms with Gasteiger partial charge >= 0.3 is 0 Å². The Bertz CT molecular complexity index is 365. The summed E-state index contributed by atoms with van der Waals surface area (Å²) in [5, 5.41) is 9.94. The van der Waals surface area contributed by atoms with Gasteiger partial charge < -0.3 is 0 Å². The van der Waals surface area contributed by atoms with Crippen molar-refractivity contribution in [1.29, 1.82) is 0 Å². The zero-order valence-corrected chi connectivity index (χ0v) is 7.99. The minimum atomic E-state index is -0.637. The highest BCUT2D eigenvalue weighted by Crippen LogP contribution is 2.16. The fourth-order valence-corrected chi connectivity index (χ4v) is 1.11. The summed E-state index contributed by atoms with van der Waals surface area (Å²) in [6, 6.07) is 4.32. The minimum absolute atomic E-state index is 0.194. The van der Waals surface area contributed by atoms with Gasteiger partial charge in [-0.05, 0) is 12.1 Å². The van der Waals surface area contributed by atoms with Crippen molar-refractivity contribution in [2.45, 2.75) is 0 Å². The molecule has 1 aromatic rings. The van der Waals surface area contributed by atoms with Gasteiger partial charge in [0.1, 0.15) is 5.82 Å². The molecular formula is C8H5BrFNO2. The number of hydrogen-bond acceptors (Lipinski definition) is 2. The number of benzene rings is 1. The topological polar surface area (TPSA) is 43.1 Å². The molecule has 0 aromatic heterocycles. The zero-order chi connectivity index (χ0) is 9.84. The molecule has 0 aliphatic heterocycles. The largest absolute Gasteiger partial charge is 0.259 e. The van der Waals surface area contributed by atoms with E-state index in [1.54, 1.807) is 6.07 Å². The molecule has 5 heteroatoms. The average molecular weight is 246 g/mol. The van der Waals surface area contributed by atoms with E-state index in [1.807, 2.05) is 0 Å². The second-order valence-corrected chi connectivity index (χ2v) is 3.18. The van der Waals surface area contributed by atoms with Gasteiger partial charge in [0.25, 0.3) is 0 Å². The first kappa shape index (κ1) is 9.85. The Labute approximate surface area is 82.2 Å². The molecule has 0 spiro atoms. The minimum Gasteiger partial charge on any atom is -0.259 e. The van der Waals surface area contributed by atoms with Gasteiger partial charge in [0.2, 0.25) is 6.20 Å². The first-order valence-electron chi connectivity index (χ1n) is 3.36. The maximum Gasteiger partial charge on any atom is 0.235 e. The smallest absolute Gasteiger partial charge is 0.235 e. The number of hydrogen-bond donors (Lipinski definition) is 0. The molecule has 0 aliphatic carbocycles. The van der Waals surface area contributed by atoms with E-state index >= 15 is 0 Å². The lowest BCUT2D eigenvalue weighted by molar-refractivity contribution is -0.400. The Balaban J connectivity index is 2.96. The number of halogens is 2. The van der Waals surface area contributed by atoms with Crippen molar-refractivity contribution in [3.05, 3.63) is 50.4 Å². The molecule has 0 aliphatic rings. The molecule has 0 radical (unpaired) electrons. The summed E-state index contributed by atoms with van der Waals surface area (Å²) in [6.07, 6.45) is 1.81. The maximum absolute atomic E-state index is 13.0. The summed E-state index contributed by atoms with van der Waals surface area (Å²) in [7, 11) is 0.